The predicted octanol–water partition coefficient (Wildman–Crippen LogP) is 4.25. The third-order valence-corrected chi connectivity index (χ3v) is 5.06. The highest BCUT2D eigenvalue weighted by molar-refractivity contribution is 14.1. The maximum atomic E-state index is 12.6. The summed E-state index contributed by atoms with van der Waals surface area (Å²) in [4.78, 5) is 16.8. The summed E-state index contributed by atoms with van der Waals surface area (Å²) in [6.45, 7) is 3.94. The minimum atomic E-state index is -0.317. The van der Waals surface area contributed by atoms with Gasteiger partial charge in [0, 0.05) is 33.3 Å². The van der Waals surface area contributed by atoms with Gasteiger partial charge in [-0.05, 0) is 71.3 Å². The third kappa shape index (κ3) is 3.46. The van der Waals surface area contributed by atoms with Crippen LogP contribution in [0.2, 0.25) is 0 Å². The summed E-state index contributed by atoms with van der Waals surface area (Å²) in [5, 5.41) is 3.33. The highest BCUT2D eigenvalue weighted by Crippen LogP contribution is 2.43. The van der Waals surface area contributed by atoms with Crippen molar-refractivity contribution in [1.82, 2.24) is 10.3 Å². The first-order valence-corrected chi connectivity index (χ1v) is 9.03. The first-order chi connectivity index (χ1) is 12.0. The average Bonchev–Trinajstić information content (AvgIpc) is 2.62. The van der Waals surface area contributed by atoms with Gasteiger partial charge in [0.1, 0.15) is 0 Å². The number of hydrogen-bond acceptors (Lipinski definition) is 4. The fourth-order valence-corrected chi connectivity index (χ4v) is 3.63. The van der Waals surface area contributed by atoms with E-state index in [0.717, 1.165) is 31.7 Å². The van der Waals surface area contributed by atoms with Gasteiger partial charge in [0.15, 0.2) is 0 Å². The van der Waals surface area contributed by atoms with Gasteiger partial charge in [-0.25, -0.2) is 4.79 Å². The monoisotopic (exact) mass is 446 g/mol. The molecule has 0 amide bonds. The Bertz CT molecular complexity index is 855. The first-order valence-electron chi connectivity index (χ1n) is 7.95. The number of halogens is 1. The van der Waals surface area contributed by atoms with E-state index in [-0.39, 0.29) is 11.9 Å². The van der Waals surface area contributed by atoms with Crippen molar-refractivity contribution < 1.29 is 9.53 Å². The molecule has 0 bridgehead atoms. The van der Waals surface area contributed by atoms with E-state index >= 15 is 0 Å². The Balaban J connectivity index is 2.23. The summed E-state index contributed by atoms with van der Waals surface area (Å²) in [6.07, 6.45) is 3.58. The van der Waals surface area contributed by atoms with Crippen molar-refractivity contribution >= 4 is 34.1 Å². The second-order valence-electron chi connectivity index (χ2n) is 5.92. The Labute approximate surface area is 161 Å². The molecule has 3 rings (SSSR count). The maximum Gasteiger partial charge on any atom is 0.336 e. The molecule has 2 aromatic rings. The van der Waals surface area contributed by atoms with Crippen molar-refractivity contribution in [3.63, 3.8) is 0 Å². The number of nitrogens with zero attached hydrogens (tertiary/aromatic N) is 1. The second-order valence-corrected chi connectivity index (χ2v) is 7.17. The number of carbonyl (C=O) groups excluding carboxylic acids is 1. The number of nitrogens with one attached hydrogen (secondary N) is 1. The number of esters is 1. The van der Waals surface area contributed by atoms with Crippen LogP contribution >= 0.6 is 22.6 Å². The van der Waals surface area contributed by atoms with E-state index in [9.17, 15) is 4.79 Å². The van der Waals surface area contributed by atoms with Gasteiger partial charge >= 0.3 is 5.97 Å². The Morgan fingerprint density at radius 2 is 1.88 bits per heavy atom. The van der Waals surface area contributed by atoms with Crippen molar-refractivity contribution in [2.45, 2.75) is 19.8 Å². The van der Waals surface area contributed by atoms with Crippen LogP contribution in [0.4, 0.5) is 0 Å². The largest absolute Gasteiger partial charge is 0.466 e. The summed E-state index contributed by atoms with van der Waals surface area (Å²) < 4.78 is 6.23. The maximum absolute atomic E-state index is 12.6. The number of rotatable bonds is 3. The highest BCUT2D eigenvalue weighted by Gasteiger charge is 2.34. The van der Waals surface area contributed by atoms with Crippen molar-refractivity contribution in [2.75, 3.05) is 7.11 Å². The van der Waals surface area contributed by atoms with Gasteiger partial charge in [0.05, 0.1) is 12.7 Å². The van der Waals surface area contributed by atoms with Gasteiger partial charge in [-0.15, -0.1) is 0 Å². The molecule has 1 aliphatic rings. The minimum Gasteiger partial charge on any atom is -0.466 e. The predicted molar refractivity (Wildman–Crippen MR) is 107 cm³/mol. The molecule has 25 heavy (non-hydrogen) atoms. The van der Waals surface area contributed by atoms with Crippen molar-refractivity contribution in [3.05, 3.63) is 80.5 Å². The quantitative estimate of drug-likeness (QED) is 0.566. The fourth-order valence-electron chi connectivity index (χ4n) is 3.27. The molecule has 0 saturated carbocycles. The molecule has 0 radical (unpaired) electrons. The molecule has 0 spiro atoms. The fraction of sp³-hybridized carbons (Fsp3) is 0.200. The topological polar surface area (TPSA) is 51.2 Å². The van der Waals surface area contributed by atoms with Gasteiger partial charge in [0.25, 0.3) is 0 Å². The van der Waals surface area contributed by atoms with Crippen LogP contribution in [0.1, 0.15) is 30.9 Å². The molecule has 4 nitrogen and oxygen atoms in total. The highest BCUT2D eigenvalue weighted by atomic mass is 127. The second kappa shape index (κ2) is 7.39. The van der Waals surface area contributed by atoms with Gasteiger partial charge < -0.3 is 10.1 Å². The van der Waals surface area contributed by atoms with E-state index in [2.05, 4.69) is 57.2 Å². The zero-order valence-corrected chi connectivity index (χ0v) is 16.5. The van der Waals surface area contributed by atoms with Gasteiger partial charge in [-0.1, -0.05) is 18.2 Å². The smallest absolute Gasteiger partial charge is 0.336 e. The molecule has 1 atom stereocenters. The van der Waals surface area contributed by atoms with Crippen LogP contribution in [0, 0.1) is 3.57 Å². The Hall–Kier alpha value is -2.15. The van der Waals surface area contributed by atoms with E-state index in [4.69, 9.17) is 4.74 Å². The van der Waals surface area contributed by atoms with Crippen molar-refractivity contribution in [3.8, 4) is 0 Å². The van der Waals surface area contributed by atoms with Crippen LogP contribution in [0.25, 0.3) is 5.57 Å². The Morgan fingerprint density at radius 1 is 1.16 bits per heavy atom. The van der Waals surface area contributed by atoms with Crippen LogP contribution in [0.3, 0.4) is 0 Å². The number of aromatic nitrogens is 1. The number of carbonyl (C=O) groups is 1. The molecule has 128 valence electrons. The van der Waals surface area contributed by atoms with E-state index in [1.54, 1.807) is 6.20 Å². The van der Waals surface area contributed by atoms with Gasteiger partial charge in [0.2, 0.25) is 0 Å². The van der Waals surface area contributed by atoms with Crippen LogP contribution in [0.5, 0.6) is 0 Å². The van der Waals surface area contributed by atoms with Crippen molar-refractivity contribution in [2.24, 2.45) is 0 Å². The molecule has 5 heteroatoms. The lowest BCUT2D eigenvalue weighted by atomic mass is 9.78. The van der Waals surface area contributed by atoms with Crippen LogP contribution in [-0.4, -0.2) is 18.1 Å². The van der Waals surface area contributed by atoms with Crippen molar-refractivity contribution in [1.29, 1.82) is 0 Å². The lowest BCUT2D eigenvalue weighted by Crippen LogP contribution is -2.28. The van der Waals surface area contributed by atoms with E-state index in [1.165, 1.54) is 7.11 Å². The normalized spacial score (nSPS) is 17.4. The molecular formula is C20H19IN2O2. The van der Waals surface area contributed by atoms with Gasteiger partial charge in [-0.3, -0.25) is 4.98 Å². The summed E-state index contributed by atoms with van der Waals surface area (Å²) in [6, 6.07) is 12.2. The SMILES string of the molecule is COC(=O)C1=C(C)NC(C)=C(c2cccnc2)C1c1ccc(I)cc1. The van der Waals surface area contributed by atoms with E-state index < -0.39 is 0 Å². The summed E-state index contributed by atoms with van der Waals surface area (Å²) in [5.74, 6) is -0.516. The van der Waals surface area contributed by atoms with E-state index in [0.29, 0.717) is 5.57 Å². The van der Waals surface area contributed by atoms with E-state index in [1.807, 2.05) is 32.2 Å². The molecule has 1 aliphatic heterocycles. The molecule has 1 unspecified atom stereocenters. The number of benzene rings is 1. The number of dihydropyridines is 1. The van der Waals surface area contributed by atoms with Crippen LogP contribution in [-0.2, 0) is 9.53 Å². The number of hydrogen-bond donors (Lipinski definition) is 1. The molecule has 0 fully saturated rings. The molecule has 2 heterocycles. The molecule has 1 aromatic heterocycles. The summed E-state index contributed by atoms with van der Waals surface area (Å²) >= 11 is 2.28. The zero-order valence-electron chi connectivity index (χ0n) is 14.3. The Kier molecular flexibility index (Phi) is 5.22. The standard InChI is InChI=1S/C20H19IN2O2/c1-12-17(15-5-4-10-22-11-15)19(14-6-8-16(21)9-7-14)18(13(2)23-12)20(24)25-3/h4-11,19,23H,1-3H3. The lowest BCUT2D eigenvalue weighted by molar-refractivity contribution is -0.136. The van der Waals surface area contributed by atoms with Crippen LogP contribution < -0.4 is 5.32 Å². The molecule has 0 aliphatic carbocycles. The lowest BCUT2D eigenvalue weighted by Gasteiger charge is -2.31. The van der Waals surface area contributed by atoms with Gasteiger partial charge in [-0.2, -0.15) is 0 Å². The first kappa shape index (κ1) is 17.7. The third-order valence-electron chi connectivity index (χ3n) is 4.34. The van der Waals surface area contributed by atoms with Crippen LogP contribution in [0.15, 0.2) is 65.8 Å². The molecule has 1 aromatic carbocycles. The average molecular weight is 446 g/mol. The summed E-state index contributed by atoms with van der Waals surface area (Å²) in [5.41, 5.74) is 5.56. The zero-order chi connectivity index (χ0) is 18.0. The Morgan fingerprint density at radius 3 is 2.48 bits per heavy atom. The number of methoxy groups -OCH3 is 1. The minimum absolute atomic E-state index is 0.199. The number of allylic oxidation sites excluding steroid dienone is 3. The molecular weight excluding hydrogens is 427 g/mol. The number of ether oxygens (including phenoxy) is 1. The molecule has 1 N–H and O–H groups in total. The summed E-state index contributed by atoms with van der Waals surface area (Å²) in [7, 11) is 1.42. The number of pyridine rings is 1. The molecule has 0 saturated heterocycles.